The van der Waals surface area contributed by atoms with E-state index in [9.17, 15) is 39.9 Å². The molecule has 1 N–H and O–H groups in total. The molecule has 0 fully saturated rings. The van der Waals surface area contributed by atoms with Gasteiger partial charge in [-0.15, -0.1) is 0 Å². The van der Waals surface area contributed by atoms with Crippen LogP contribution in [0.4, 0.5) is 40.9 Å². The molecule has 3 rings (SSSR count). The fraction of sp³-hybridized carbons (Fsp3) is 0.235. The second-order valence-corrected chi connectivity index (χ2v) is 6.20. The van der Waals surface area contributed by atoms with Gasteiger partial charge in [-0.05, 0) is 18.2 Å². The molecule has 0 saturated carbocycles. The number of aromatic amines is 1. The molecule has 0 atom stereocenters. The minimum Gasteiger partial charge on any atom is -0.294 e. The number of halogens is 8. The molecule has 0 aliphatic carbocycles. The minimum absolute atomic E-state index is 0.134. The number of para-hydroxylation sites is 1. The molecule has 31 heavy (non-hydrogen) atoms. The summed E-state index contributed by atoms with van der Waals surface area (Å²) in [4.78, 5) is 13.1. The first kappa shape index (κ1) is 22.2. The van der Waals surface area contributed by atoms with Crippen molar-refractivity contribution in [2.75, 3.05) is 11.9 Å². The van der Waals surface area contributed by atoms with Gasteiger partial charge in [0.2, 0.25) is 0 Å². The van der Waals surface area contributed by atoms with Crippen molar-refractivity contribution in [3.8, 4) is 5.69 Å². The lowest BCUT2D eigenvalue weighted by molar-refractivity contribution is -0.292. The molecule has 2 heterocycles. The molecule has 0 radical (unpaired) electrons. The highest BCUT2D eigenvalue weighted by molar-refractivity contribution is 6.08. The van der Waals surface area contributed by atoms with E-state index in [1.807, 2.05) is 0 Å². The van der Waals surface area contributed by atoms with Crippen LogP contribution >= 0.6 is 0 Å². The van der Waals surface area contributed by atoms with Gasteiger partial charge in [-0.1, -0.05) is 12.1 Å². The van der Waals surface area contributed by atoms with E-state index in [1.165, 1.54) is 47.4 Å². The summed E-state index contributed by atoms with van der Waals surface area (Å²) in [5.41, 5.74) is -4.98. The van der Waals surface area contributed by atoms with Gasteiger partial charge in [0.15, 0.2) is 5.82 Å². The zero-order valence-corrected chi connectivity index (χ0v) is 15.3. The van der Waals surface area contributed by atoms with Crippen LogP contribution in [0.25, 0.3) is 5.69 Å². The highest BCUT2D eigenvalue weighted by atomic mass is 19.4. The third-order valence-electron chi connectivity index (χ3n) is 4.21. The molecule has 0 saturated heterocycles. The molecule has 1 amide bonds. The van der Waals surface area contributed by atoms with Crippen LogP contribution in [0.5, 0.6) is 0 Å². The topological polar surface area (TPSA) is 66.8 Å². The first-order valence-electron chi connectivity index (χ1n) is 8.24. The van der Waals surface area contributed by atoms with E-state index in [0.717, 1.165) is 12.1 Å². The van der Waals surface area contributed by atoms with Crippen molar-refractivity contribution < 1.29 is 39.9 Å². The van der Waals surface area contributed by atoms with Crippen LogP contribution in [0.15, 0.2) is 42.7 Å². The van der Waals surface area contributed by atoms with Crippen LogP contribution in [-0.2, 0) is 12.1 Å². The zero-order valence-electron chi connectivity index (χ0n) is 15.3. The Bertz CT molecular complexity index is 1080. The van der Waals surface area contributed by atoms with E-state index in [1.54, 1.807) is 0 Å². The summed E-state index contributed by atoms with van der Waals surface area (Å²) < 4.78 is 107. The van der Waals surface area contributed by atoms with Gasteiger partial charge in [0.25, 0.3) is 5.91 Å². The Morgan fingerprint density at radius 1 is 1.03 bits per heavy atom. The lowest BCUT2D eigenvalue weighted by Crippen LogP contribution is -2.36. The Morgan fingerprint density at radius 2 is 1.68 bits per heavy atom. The van der Waals surface area contributed by atoms with Gasteiger partial charge >= 0.3 is 18.3 Å². The SMILES string of the molecule is CN(C(=O)c1ccccc1-n1cccn1)c1n[nH]c(C(F)(F)C(F)(F)F)c1C(F)(F)F. The van der Waals surface area contributed by atoms with Gasteiger partial charge in [0, 0.05) is 19.4 Å². The number of amides is 1. The third kappa shape index (κ3) is 3.84. The fourth-order valence-electron chi connectivity index (χ4n) is 2.76. The monoisotopic (exact) mass is 453 g/mol. The Kier molecular flexibility index (Phi) is 5.28. The Morgan fingerprint density at radius 3 is 2.23 bits per heavy atom. The largest absolute Gasteiger partial charge is 0.459 e. The summed E-state index contributed by atoms with van der Waals surface area (Å²) in [6.07, 6.45) is -9.20. The van der Waals surface area contributed by atoms with Crippen LogP contribution in [0.3, 0.4) is 0 Å². The highest BCUT2D eigenvalue weighted by Crippen LogP contribution is 2.49. The highest BCUT2D eigenvalue weighted by Gasteiger charge is 2.63. The average molecular weight is 453 g/mol. The molecule has 2 aromatic heterocycles. The van der Waals surface area contributed by atoms with Gasteiger partial charge in [0.05, 0.1) is 11.3 Å². The van der Waals surface area contributed by atoms with Gasteiger partial charge in [-0.25, -0.2) is 4.68 Å². The van der Waals surface area contributed by atoms with E-state index in [4.69, 9.17) is 0 Å². The van der Waals surface area contributed by atoms with Crippen molar-refractivity contribution in [2.45, 2.75) is 18.3 Å². The van der Waals surface area contributed by atoms with Gasteiger partial charge < -0.3 is 0 Å². The van der Waals surface area contributed by atoms with Crippen molar-refractivity contribution in [3.63, 3.8) is 0 Å². The number of carbonyl (C=O) groups is 1. The first-order chi connectivity index (χ1) is 14.3. The predicted octanol–water partition coefficient (Wildman–Crippen LogP) is 4.54. The average Bonchev–Trinajstić information content (AvgIpc) is 3.35. The molecule has 0 aliphatic rings. The second kappa shape index (κ2) is 7.35. The Hall–Kier alpha value is -3.45. The molecule has 166 valence electrons. The van der Waals surface area contributed by atoms with Crippen LogP contribution in [0, 0.1) is 0 Å². The van der Waals surface area contributed by atoms with Crippen molar-refractivity contribution in [2.24, 2.45) is 0 Å². The van der Waals surface area contributed by atoms with E-state index < -0.39 is 41.3 Å². The van der Waals surface area contributed by atoms with Crippen molar-refractivity contribution >= 4 is 11.7 Å². The number of aromatic nitrogens is 4. The number of alkyl halides is 8. The number of nitrogens with one attached hydrogen (secondary N) is 1. The normalized spacial score (nSPS) is 12.8. The maximum atomic E-state index is 13.7. The minimum atomic E-state index is -6.33. The lowest BCUT2D eigenvalue weighted by atomic mass is 10.1. The fourth-order valence-corrected chi connectivity index (χ4v) is 2.76. The Labute approximate surface area is 168 Å². The smallest absolute Gasteiger partial charge is 0.294 e. The maximum absolute atomic E-state index is 13.7. The summed E-state index contributed by atoms with van der Waals surface area (Å²) >= 11 is 0. The third-order valence-corrected chi connectivity index (χ3v) is 4.21. The first-order valence-corrected chi connectivity index (χ1v) is 8.24. The van der Waals surface area contributed by atoms with Crippen LogP contribution in [0.2, 0.25) is 0 Å². The molecule has 0 bridgehead atoms. The number of H-pyrrole nitrogens is 1. The van der Waals surface area contributed by atoms with E-state index in [-0.39, 0.29) is 16.2 Å². The number of hydrogen-bond acceptors (Lipinski definition) is 3. The molecule has 0 spiro atoms. The number of nitrogens with zero attached hydrogens (tertiary/aromatic N) is 4. The summed E-state index contributed by atoms with van der Waals surface area (Å²) in [5, 5.41) is 7.97. The van der Waals surface area contributed by atoms with E-state index >= 15 is 0 Å². The second-order valence-electron chi connectivity index (χ2n) is 6.20. The molecule has 0 aliphatic heterocycles. The van der Waals surface area contributed by atoms with Crippen molar-refractivity contribution in [1.82, 2.24) is 20.0 Å². The number of hydrogen-bond donors (Lipinski definition) is 1. The molecule has 14 heteroatoms. The summed E-state index contributed by atoms with van der Waals surface area (Å²) in [5.74, 6) is -8.48. The number of benzene rings is 1. The molecule has 6 nitrogen and oxygen atoms in total. The number of carbonyl (C=O) groups excluding carboxylic acids is 1. The summed E-state index contributed by atoms with van der Waals surface area (Å²) in [7, 11) is 0.767. The zero-order chi connectivity index (χ0) is 23.2. The molecule has 1 aromatic carbocycles. The summed E-state index contributed by atoms with van der Waals surface area (Å²) in [6.45, 7) is 0. The van der Waals surface area contributed by atoms with Crippen LogP contribution in [0.1, 0.15) is 21.6 Å². The van der Waals surface area contributed by atoms with Crippen molar-refractivity contribution in [1.29, 1.82) is 0 Å². The van der Waals surface area contributed by atoms with Crippen LogP contribution in [-0.4, -0.2) is 39.1 Å². The van der Waals surface area contributed by atoms with Crippen LogP contribution < -0.4 is 4.90 Å². The standard InChI is InChI=1S/C17H11F8N5O/c1-29(14(31)9-5-2-3-6-10(9)30-8-4-7-26-30)13-11(16(20,21)22)12(27-28-13)15(18,19)17(23,24)25/h2-8H,1H3,(H,27,28). The van der Waals surface area contributed by atoms with Gasteiger partial charge in [-0.3, -0.25) is 14.8 Å². The molecular weight excluding hydrogens is 442 g/mol. The lowest BCUT2D eigenvalue weighted by Gasteiger charge is -2.22. The predicted molar refractivity (Wildman–Crippen MR) is 89.8 cm³/mol. The quantitative estimate of drug-likeness (QED) is 0.590. The Balaban J connectivity index is 2.12. The summed E-state index contributed by atoms with van der Waals surface area (Å²) in [6, 6.07) is 7.03. The van der Waals surface area contributed by atoms with E-state index in [0.29, 0.717) is 0 Å². The molecular formula is C17H11F8N5O. The molecule has 3 aromatic rings. The van der Waals surface area contributed by atoms with Gasteiger partial charge in [-0.2, -0.15) is 45.3 Å². The maximum Gasteiger partial charge on any atom is 0.459 e. The molecule has 0 unspecified atom stereocenters. The number of anilines is 1. The number of rotatable bonds is 4. The van der Waals surface area contributed by atoms with E-state index in [2.05, 4.69) is 10.2 Å². The van der Waals surface area contributed by atoms with Gasteiger partial charge in [0.1, 0.15) is 11.3 Å². The van der Waals surface area contributed by atoms with Crippen molar-refractivity contribution in [3.05, 3.63) is 59.5 Å².